The number of nitrogens with zero attached hydrogens (tertiary/aromatic N) is 1. The number of carbonyl (C=O) groups excluding carboxylic acids is 1. The summed E-state index contributed by atoms with van der Waals surface area (Å²) in [6.07, 6.45) is 2.05. The van der Waals surface area contributed by atoms with Crippen LogP contribution in [0.25, 0.3) is 11.0 Å². The highest BCUT2D eigenvalue weighted by molar-refractivity contribution is 5.97. The Morgan fingerprint density at radius 2 is 2.00 bits per heavy atom. The summed E-state index contributed by atoms with van der Waals surface area (Å²) in [5.74, 6) is 0.806. The van der Waals surface area contributed by atoms with Crippen molar-refractivity contribution in [2.75, 3.05) is 13.2 Å². The number of aliphatic hydroxyl groups excluding tert-OH is 3. The molecular weight excluding hydrogens is 362 g/mol. The first-order chi connectivity index (χ1) is 13.6. The highest BCUT2D eigenvalue weighted by atomic mass is 16.6. The van der Waals surface area contributed by atoms with Gasteiger partial charge in [0.15, 0.2) is 0 Å². The van der Waals surface area contributed by atoms with Gasteiger partial charge in [-0.3, -0.25) is 4.79 Å². The van der Waals surface area contributed by atoms with E-state index in [0.717, 1.165) is 0 Å². The largest absolute Gasteiger partial charge is 0.394 e. The van der Waals surface area contributed by atoms with Gasteiger partial charge in [0.2, 0.25) is 0 Å². The molecule has 2 aromatic rings. The Labute approximate surface area is 162 Å². The van der Waals surface area contributed by atoms with Crippen molar-refractivity contribution in [1.82, 2.24) is 15.3 Å². The molecule has 8 heteroatoms. The Bertz CT molecular complexity index is 832. The summed E-state index contributed by atoms with van der Waals surface area (Å²) in [5.41, 5.74) is 1.83. The molecule has 1 saturated heterocycles. The number of nitrogens with one attached hydrogen (secondary N) is 2. The standard InChI is InChI=1S/C20H27N3O5/c24-10-15-16(25)17(26)18(28-15)19-22-13-7-6-12(8-14(13)23-19)20(27)21-9-11-4-2-1-3-5-11/h6-8,11,15-18,24-26H,1-5,9-10H2,(H,21,27)(H,22,23)/t15-,16-,17-,18-/m1/s1. The van der Waals surface area contributed by atoms with Crippen molar-refractivity contribution in [3.05, 3.63) is 29.6 Å². The van der Waals surface area contributed by atoms with Crippen LogP contribution in [0.1, 0.15) is 54.4 Å². The van der Waals surface area contributed by atoms with Crippen LogP contribution >= 0.6 is 0 Å². The molecule has 4 rings (SSSR count). The van der Waals surface area contributed by atoms with Gasteiger partial charge in [-0.2, -0.15) is 0 Å². The molecule has 4 atom stereocenters. The Hall–Kier alpha value is -2.00. The summed E-state index contributed by atoms with van der Waals surface area (Å²) >= 11 is 0. The van der Waals surface area contributed by atoms with Crippen LogP contribution in [-0.2, 0) is 4.74 Å². The fraction of sp³-hybridized carbons (Fsp3) is 0.600. The number of aromatic amines is 1. The first kappa shape index (κ1) is 19.3. The minimum absolute atomic E-state index is 0.114. The zero-order valence-electron chi connectivity index (χ0n) is 15.7. The topological polar surface area (TPSA) is 128 Å². The number of aromatic nitrogens is 2. The Morgan fingerprint density at radius 3 is 2.71 bits per heavy atom. The van der Waals surface area contributed by atoms with E-state index < -0.39 is 24.4 Å². The smallest absolute Gasteiger partial charge is 0.251 e. The van der Waals surface area contributed by atoms with Crippen molar-refractivity contribution in [1.29, 1.82) is 0 Å². The van der Waals surface area contributed by atoms with Gasteiger partial charge in [-0.05, 0) is 37.0 Å². The number of rotatable bonds is 5. The molecule has 0 radical (unpaired) electrons. The molecule has 28 heavy (non-hydrogen) atoms. The van der Waals surface area contributed by atoms with Crippen LogP contribution in [0.15, 0.2) is 18.2 Å². The number of imidazole rings is 1. The molecule has 1 aliphatic heterocycles. The third kappa shape index (κ3) is 3.77. The quantitative estimate of drug-likeness (QED) is 0.520. The highest BCUT2D eigenvalue weighted by Crippen LogP contribution is 2.33. The average Bonchev–Trinajstić information content (AvgIpc) is 3.27. The summed E-state index contributed by atoms with van der Waals surface area (Å²) < 4.78 is 5.51. The number of hydrogen-bond acceptors (Lipinski definition) is 6. The maximum atomic E-state index is 12.5. The number of fused-ring (bicyclic) bond motifs is 1. The van der Waals surface area contributed by atoms with E-state index in [4.69, 9.17) is 4.74 Å². The van der Waals surface area contributed by atoms with E-state index in [2.05, 4.69) is 15.3 Å². The zero-order valence-corrected chi connectivity index (χ0v) is 15.7. The van der Waals surface area contributed by atoms with Crippen LogP contribution in [0.3, 0.4) is 0 Å². The average molecular weight is 389 g/mol. The summed E-state index contributed by atoms with van der Waals surface area (Å²) in [7, 11) is 0. The second-order valence-corrected chi connectivity index (χ2v) is 7.83. The molecule has 1 amide bonds. The van der Waals surface area contributed by atoms with Crippen LogP contribution < -0.4 is 5.32 Å². The lowest BCUT2D eigenvalue weighted by atomic mass is 9.89. The van der Waals surface area contributed by atoms with Gasteiger partial charge in [0, 0.05) is 12.1 Å². The van der Waals surface area contributed by atoms with Crippen molar-refractivity contribution >= 4 is 16.9 Å². The minimum Gasteiger partial charge on any atom is -0.394 e. The molecule has 2 fully saturated rings. The summed E-state index contributed by atoms with van der Waals surface area (Å²) in [4.78, 5) is 20.0. The fourth-order valence-corrected chi connectivity index (χ4v) is 4.16. The van der Waals surface area contributed by atoms with Gasteiger partial charge in [0.1, 0.15) is 30.2 Å². The Balaban J connectivity index is 1.46. The predicted molar refractivity (Wildman–Crippen MR) is 102 cm³/mol. The predicted octanol–water partition coefficient (Wildman–Crippen LogP) is 1.03. The zero-order chi connectivity index (χ0) is 19.7. The molecule has 2 aliphatic rings. The van der Waals surface area contributed by atoms with E-state index >= 15 is 0 Å². The second-order valence-electron chi connectivity index (χ2n) is 7.83. The first-order valence-corrected chi connectivity index (χ1v) is 9.97. The minimum atomic E-state index is -1.18. The molecule has 1 aromatic heterocycles. The molecule has 0 spiro atoms. The first-order valence-electron chi connectivity index (χ1n) is 9.97. The summed E-state index contributed by atoms with van der Waals surface area (Å²) in [6.45, 7) is 0.313. The molecule has 0 unspecified atom stereocenters. The number of ether oxygens (including phenoxy) is 1. The molecule has 2 heterocycles. The van der Waals surface area contributed by atoms with Crippen LogP contribution in [0.4, 0.5) is 0 Å². The van der Waals surface area contributed by atoms with Crippen LogP contribution in [0.5, 0.6) is 0 Å². The normalized spacial score (nSPS) is 28.7. The molecular formula is C20H27N3O5. The number of aliphatic hydroxyl groups is 3. The lowest BCUT2D eigenvalue weighted by Crippen LogP contribution is -2.32. The lowest BCUT2D eigenvalue weighted by molar-refractivity contribution is -0.0249. The third-order valence-corrected chi connectivity index (χ3v) is 5.85. The number of hydrogen-bond donors (Lipinski definition) is 5. The maximum Gasteiger partial charge on any atom is 0.251 e. The molecule has 8 nitrogen and oxygen atoms in total. The lowest BCUT2D eigenvalue weighted by Gasteiger charge is -2.21. The van der Waals surface area contributed by atoms with Gasteiger partial charge in [0.25, 0.3) is 5.91 Å². The molecule has 152 valence electrons. The van der Waals surface area contributed by atoms with E-state index in [0.29, 0.717) is 34.9 Å². The van der Waals surface area contributed by atoms with Gasteiger partial charge >= 0.3 is 0 Å². The molecule has 1 aromatic carbocycles. The van der Waals surface area contributed by atoms with Crippen LogP contribution in [0.2, 0.25) is 0 Å². The summed E-state index contributed by atoms with van der Waals surface area (Å²) in [6, 6.07) is 5.19. The van der Waals surface area contributed by atoms with Crippen molar-refractivity contribution in [3.63, 3.8) is 0 Å². The fourth-order valence-electron chi connectivity index (χ4n) is 4.16. The van der Waals surface area contributed by atoms with E-state index in [-0.39, 0.29) is 12.5 Å². The monoisotopic (exact) mass is 389 g/mol. The van der Waals surface area contributed by atoms with E-state index in [1.54, 1.807) is 18.2 Å². The van der Waals surface area contributed by atoms with Crippen molar-refractivity contribution < 1.29 is 24.9 Å². The summed E-state index contributed by atoms with van der Waals surface area (Å²) in [5, 5.41) is 32.3. The second kappa shape index (κ2) is 8.16. The molecule has 1 saturated carbocycles. The number of amides is 1. The van der Waals surface area contributed by atoms with Crippen LogP contribution in [0, 0.1) is 5.92 Å². The highest BCUT2D eigenvalue weighted by Gasteiger charge is 2.44. The van der Waals surface area contributed by atoms with Crippen molar-refractivity contribution in [2.24, 2.45) is 5.92 Å². The van der Waals surface area contributed by atoms with Crippen LogP contribution in [-0.4, -0.2) is 62.7 Å². The Kier molecular flexibility index (Phi) is 5.63. The number of H-pyrrole nitrogens is 1. The van der Waals surface area contributed by atoms with Gasteiger partial charge in [-0.15, -0.1) is 0 Å². The van der Waals surface area contributed by atoms with Gasteiger partial charge in [0.05, 0.1) is 17.6 Å². The van der Waals surface area contributed by atoms with Gasteiger partial charge in [-0.1, -0.05) is 19.3 Å². The Morgan fingerprint density at radius 1 is 1.21 bits per heavy atom. The molecule has 5 N–H and O–H groups in total. The third-order valence-electron chi connectivity index (χ3n) is 5.85. The van der Waals surface area contributed by atoms with Crippen molar-refractivity contribution in [2.45, 2.75) is 56.5 Å². The van der Waals surface area contributed by atoms with Crippen molar-refractivity contribution in [3.8, 4) is 0 Å². The van der Waals surface area contributed by atoms with Gasteiger partial charge < -0.3 is 30.4 Å². The maximum absolute atomic E-state index is 12.5. The number of carbonyl (C=O) groups is 1. The van der Waals surface area contributed by atoms with Gasteiger partial charge in [-0.25, -0.2) is 4.98 Å². The number of benzene rings is 1. The van der Waals surface area contributed by atoms with E-state index in [9.17, 15) is 20.1 Å². The molecule has 0 bridgehead atoms. The molecule has 1 aliphatic carbocycles. The van der Waals surface area contributed by atoms with E-state index in [1.165, 1.54) is 32.1 Å². The SMILES string of the molecule is O=C(NCC1CCCCC1)c1ccc2nc([C@@H]3O[C@H](CO)[C@@H](O)[C@H]3O)[nH]c2c1. The van der Waals surface area contributed by atoms with E-state index in [1.807, 2.05) is 0 Å².